The minimum atomic E-state index is -2.49. The Balaban J connectivity index is 2.91. The molecule has 0 aliphatic heterocycles. The van der Waals surface area contributed by atoms with Gasteiger partial charge in [0.25, 0.3) is 0 Å². The first-order valence-electron chi connectivity index (χ1n) is 3.21. The van der Waals surface area contributed by atoms with Crippen LogP contribution in [0.1, 0.15) is 5.69 Å². The summed E-state index contributed by atoms with van der Waals surface area (Å²) < 4.78 is 22.8. The van der Waals surface area contributed by atoms with Gasteiger partial charge in [-0.1, -0.05) is 4.36 Å². The normalized spacial score (nSPS) is 8.31. The molecule has 1 heterocycles. The van der Waals surface area contributed by atoms with Crippen molar-refractivity contribution in [1.29, 1.82) is 0 Å². The fourth-order valence-corrected chi connectivity index (χ4v) is 0.717. The molecule has 0 aliphatic rings. The van der Waals surface area contributed by atoms with Crippen LogP contribution in [0, 0.1) is 12.0 Å². The van der Waals surface area contributed by atoms with E-state index >= 15 is 0 Å². The van der Waals surface area contributed by atoms with E-state index in [1.807, 2.05) is 0 Å². The van der Waals surface area contributed by atoms with Gasteiger partial charge in [0.1, 0.15) is 5.69 Å². The lowest BCUT2D eigenvalue weighted by molar-refractivity contribution is 0.622. The molecule has 1 aromatic rings. The van der Waals surface area contributed by atoms with Crippen LogP contribution in [0.2, 0.25) is 0 Å². The molecule has 6 heteroatoms. The molecule has 1 rings (SSSR count). The Hall–Kier alpha value is -1.87. The molecule has 5 nitrogen and oxygen atoms in total. The lowest BCUT2D eigenvalue weighted by Crippen LogP contribution is -1.87. The van der Waals surface area contributed by atoms with Crippen LogP contribution in [0.25, 0.3) is 0 Å². The molecule has 0 bridgehead atoms. The first-order valence-corrected chi connectivity index (χ1v) is 4.24. The fourth-order valence-electron chi connectivity index (χ4n) is 0.597. The second-order valence-electron chi connectivity index (χ2n) is 2.02. The lowest BCUT2D eigenvalue weighted by atomic mass is 10.3. The molecule has 0 aliphatic carbocycles. The van der Waals surface area contributed by atoms with Gasteiger partial charge in [-0.2, -0.15) is 8.42 Å². The predicted octanol–water partition coefficient (Wildman–Crippen LogP) is 0.0355. The summed E-state index contributed by atoms with van der Waals surface area (Å²) in [7, 11) is -2.49. The summed E-state index contributed by atoms with van der Waals surface area (Å²) in [6, 6.07) is 5.27. The molecule has 0 spiro atoms. The Labute approximate surface area is 76.3 Å². The Morgan fingerprint density at radius 1 is 1.46 bits per heavy atom. The fraction of sp³-hybridized carbons (Fsp3) is 0. The summed E-state index contributed by atoms with van der Waals surface area (Å²) in [6.45, 7) is 0. The van der Waals surface area contributed by atoms with Crippen molar-refractivity contribution in [3.8, 4) is 12.0 Å². The molecular formula is C7H5N3O2S. The Kier molecular flexibility index (Phi) is 3.00. The maximum absolute atomic E-state index is 9.93. The second kappa shape index (κ2) is 4.23. The van der Waals surface area contributed by atoms with Crippen molar-refractivity contribution in [2.45, 2.75) is 0 Å². The van der Waals surface area contributed by atoms with Crippen molar-refractivity contribution in [3.63, 3.8) is 0 Å². The minimum Gasteiger partial charge on any atom is -0.397 e. The van der Waals surface area contributed by atoms with Crippen LogP contribution < -0.4 is 5.73 Å². The summed E-state index contributed by atoms with van der Waals surface area (Å²) in [5, 5.41) is 0. The molecule has 0 unspecified atom stereocenters. The van der Waals surface area contributed by atoms with Crippen LogP contribution in [0.4, 0.5) is 5.69 Å². The number of nitrogen functional groups attached to an aromatic ring is 1. The summed E-state index contributed by atoms with van der Waals surface area (Å²) >= 11 is 0. The number of pyridine rings is 1. The van der Waals surface area contributed by atoms with E-state index in [2.05, 4.69) is 21.3 Å². The maximum atomic E-state index is 9.93. The number of aromatic nitrogens is 1. The topological polar surface area (TPSA) is 85.4 Å². The smallest absolute Gasteiger partial charge is 0.324 e. The molecule has 1 aromatic heterocycles. The quantitative estimate of drug-likeness (QED) is 0.592. The molecule has 0 radical (unpaired) electrons. The van der Waals surface area contributed by atoms with E-state index in [1.165, 1.54) is 6.20 Å². The van der Waals surface area contributed by atoms with Crippen LogP contribution in [0.3, 0.4) is 0 Å². The van der Waals surface area contributed by atoms with Crippen molar-refractivity contribution >= 4 is 16.2 Å². The van der Waals surface area contributed by atoms with Crippen molar-refractivity contribution in [2.24, 2.45) is 4.36 Å². The van der Waals surface area contributed by atoms with Gasteiger partial charge >= 0.3 is 10.5 Å². The largest absolute Gasteiger partial charge is 0.397 e. The zero-order valence-corrected chi connectivity index (χ0v) is 7.25. The second-order valence-corrected chi connectivity index (χ2v) is 2.64. The van der Waals surface area contributed by atoms with Crippen LogP contribution >= 0.6 is 0 Å². The third-order valence-electron chi connectivity index (χ3n) is 1.09. The molecule has 0 atom stereocenters. The summed E-state index contributed by atoms with van der Waals surface area (Å²) in [5.41, 5.74) is 6.31. The highest BCUT2D eigenvalue weighted by Gasteiger charge is 1.86. The van der Waals surface area contributed by atoms with E-state index in [0.29, 0.717) is 11.4 Å². The molecule has 0 fully saturated rings. The standard InChI is InChI=1S/C7H5N3O2S/c8-6-1-2-7(9-5-6)3-4-10-13(11)12/h1-2,5H,8H2. The van der Waals surface area contributed by atoms with Crippen molar-refractivity contribution in [1.82, 2.24) is 4.98 Å². The summed E-state index contributed by atoms with van der Waals surface area (Å²) in [5.74, 6) is 2.43. The highest BCUT2D eigenvalue weighted by Crippen LogP contribution is 1.98. The summed E-state index contributed by atoms with van der Waals surface area (Å²) in [6.07, 6.45) is 1.43. The van der Waals surface area contributed by atoms with Gasteiger partial charge in [-0.15, -0.1) is 0 Å². The Morgan fingerprint density at radius 2 is 2.23 bits per heavy atom. The van der Waals surface area contributed by atoms with Crippen molar-refractivity contribution in [2.75, 3.05) is 5.73 Å². The molecular weight excluding hydrogens is 190 g/mol. The summed E-state index contributed by atoms with van der Waals surface area (Å²) in [4.78, 5) is 3.82. The first-order chi connectivity index (χ1) is 6.18. The zero-order valence-electron chi connectivity index (χ0n) is 6.43. The highest BCUT2D eigenvalue weighted by atomic mass is 32.2. The van der Waals surface area contributed by atoms with E-state index < -0.39 is 10.5 Å². The van der Waals surface area contributed by atoms with E-state index in [9.17, 15) is 8.42 Å². The van der Waals surface area contributed by atoms with E-state index in [0.717, 1.165) is 0 Å². The lowest BCUT2D eigenvalue weighted by Gasteiger charge is -1.89. The monoisotopic (exact) mass is 195 g/mol. The van der Waals surface area contributed by atoms with Gasteiger partial charge in [0.2, 0.25) is 0 Å². The molecule has 0 saturated carbocycles. The SMILES string of the molecule is Nc1ccc(C#CN=S(=O)=O)nc1. The molecule has 0 amide bonds. The van der Waals surface area contributed by atoms with Crippen LogP contribution in [0.15, 0.2) is 22.7 Å². The minimum absolute atomic E-state index is 0.420. The molecule has 0 aromatic carbocycles. The van der Waals surface area contributed by atoms with Gasteiger partial charge in [-0.3, -0.25) is 0 Å². The molecule has 0 saturated heterocycles. The maximum Gasteiger partial charge on any atom is 0.324 e. The Morgan fingerprint density at radius 3 is 2.77 bits per heavy atom. The molecule has 13 heavy (non-hydrogen) atoms. The number of nitrogens with zero attached hydrogens (tertiary/aromatic N) is 2. The van der Waals surface area contributed by atoms with E-state index in [4.69, 9.17) is 5.73 Å². The van der Waals surface area contributed by atoms with Crippen LogP contribution in [-0.2, 0) is 10.5 Å². The third-order valence-corrected chi connectivity index (χ3v) is 1.33. The van der Waals surface area contributed by atoms with E-state index in [-0.39, 0.29) is 0 Å². The van der Waals surface area contributed by atoms with Gasteiger partial charge in [0.15, 0.2) is 0 Å². The third kappa shape index (κ3) is 3.35. The number of hydrogen-bond donors (Lipinski definition) is 1. The molecule has 2 N–H and O–H groups in total. The number of nitrogens with two attached hydrogens (primary N) is 1. The van der Waals surface area contributed by atoms with Gasteiger partial charge < -0.3 is 5.73 Å². The first kappa shape index (κ1) is 9.22. The van der Waals surface area contributed by atoms with E-state index in [1.54, 1.807) is 12.1 Å². The van der Waals surface area contributed by atoms with Crippen LogP contribution in [0.5, 0.6) is 0 Å². The number of anilines is 1. The van der Waals surface area contributed by atoms with Gasteiger partial charge in [-0.05, 0) is 18.1 Å². The van der Waals surface area contributed by atoms with Crippen LogP contribution in [-0.4, -0.2) is 13.4 Å². The van der Waals surface area contributed by atoms with Gasteiger partial charge in [0, 0.05) is 0 Å². The highest BCUT2D eigenvalue weighted by molar-refractivity contribution is 7.61. The zero-order chi connectivity index (χ0) is 9.68. The van der Waals surface area contributed by atoms with Crippen molar-refractivity contribution < 1.29 is 8.42 Å². The molecule has 66 valence electrons. The number of rotatable bonds is 0. The van der Waals surface area contributed by atoms with Gasteiger partial charge in [0.05, 0.1) is 17.9 Å². The average molecular weight is 195 g/mol. The Bertz CT molecular complexity index is 471. The number of hydrogen-bond acceptors (Lipinski definition) is 5. The van der Waals surface area contributed by atoms with Gasteiger partial charge in [-0.25, -0.2) is 4.98 Å². The average Bonchev–Trinajstić information content (AvgIpc) is 2.08. The predicted molar refractivity (Wildman–Crippen MR) is 46.9 cm³/mol. The van der Waals surface area contributed by atoms with Crippen molar-refractivity contribution in [3.05, 3.63) is 24.0 Å².